The largest absolute Gasteiger partial charge is 0.484 e. The zero-order chi connectivity index (χ0) is 22.9. The molecule has 0 aliphatic carbocycles. The highest BCUT2D eigenvalue weighted by molar-refractivity contribution is 5.92. The maximum absolute atomic E-state index is 12.2. The van der Waals surface area contributed by atoms with E-state index in [0.29, 0.717) is 23.6 Å². The Morgan fingerprint density at radius 1 is 0.969 bits per heavy atom. The lowest BCUT2D eigenvalue weighted by Gasteiger charge is -2.09. The van der Waals surface area contributed by atoms with Gasteiger partial charge in [-0.05, 0) is 79.9 Å². The van der Waals surface area contributed by atoms with Gasteiger partial charge in [-0.25, -0.2) is 4.79 Å². The van der Waals surface area contributed by atoms with Gasteiger partial charge in [-0.2, -0.15) is 0 Å². The molecule has 0 unspecified atom stereocenters. The van der Waals surface area contributed by atoms with Gasteiger partial charge in [0.15, 0.2) is 6.61 Å². The van der Waals surface area contributed by atoms with Crippen LogP contribution in [-0.2, 0) is 9.53 Å². The third kappa shape index (κ3) is 6.54. The van der Waals surface area contributed by atoms with Gasteiger partial charge in [0.1, 0.15) is 5.75 Å². The summed E-state index contributed by atoms with van der Waals surface area (Å²) in [6.45, 7) is 6.01. The van der Waals surface area contributed by atoms with Crippen LogP contribution < -0.4 is 10.1 Å². The van der Waals surface area contributed by atoms with E-state index < -0.39 is 0 Å². The van der Waals surface area contributed by atoms with E-state index in [1.807, 2.05) is 44.2 Å². The minimum absolute atomic E-state index is 0.102. The number of esters is 1. The molecule has 6 nitrogen and oxygen atoms in total. The van der Waals surface area contributed by atoms with E-state index in [-0.39, 0.29) is 18.5 Å². The summed E-state index contributed by atoms with van der Waals surface area (Å²) in [4.78, 5) is 28.5. The number of anilines is 1. The first kappa shape index (κ1) is 22.7. The van der Waals surface area contributed by atoms with Gasteiger partial charge in [0.25, 0.3) is 5.91 Å². The SMILES string of the molecule is CCOC(=O)c1cccc(N=Cc2cccc(OCC(=O)Nc3ccc(C)c(C)c3)c2)c1. The third-order valence-electron chi connectivity index (χ3n) is 4.74. The smallest absolute Gasteiger partial charge is 0.338 e. The molecule has 3 rings (SSSR count). The van der Waals surface area contributed by atoms with Crippen molar-refractivity contribution in [1.29, 1.82) is 0 Å². The van der Waals surface area contributed by atoms with E-state index in [0.717, 1.165) is 16.8 Å². The molecule has 0 atom stereocenters. The molecule has 164 valence electrons. The number of carbonyl (C=O) groups excluding carboxylic acids is 2. The van der Waals surface area contributed by atoms with Crippen LogP contribution in [0.4, 0.5) is 11.4 Å². The molecular weight excluding hydrogens is 404 g/mol. The Bertz CT molecular complexity index is 1140. The number of rotatable bonds is 8. The Hall–Kier alpha value is -3.93. The van der Waals surface area contributed by atoms with E-state index in [4.69, 9.17) is 9.47 Å². The van der Waals surface area contributed by atoms with Gasteiger partial charge in [-0.15, -0.1) is 0 Å². The van der Waals surface area contributed by atoms with Crippen LogP contribution >= 0.6 is 0 Å². The number of nitrogens with one attached hydrogen (secondary N) is 1. The van der Waals surface area contributed by atoms with Crippen molar-refractivity contribution in [2.75, 3.05) is 18.5 Å². The van der Waals surface area contributed by atoms with E-state index in [9.17, 15) is 9.59 Å². The number of carbonyl (C=O) groups is 2. The summed E-state index contributed by atoms with van der Waals surface area (Å²) in [6, 6.07) is 20.0. The lowest BCUT2D eigenvalue weighted by atomic mass is 10.1. The summed E-state index contributed by atoms with van der Waals surface area (Å²) in [5.74, 6) is -0.0495. The average molecular weight is 431 g/mol. The Morgan fingerprint density at radius 3 is 2.56 bits per heavy atom. The maximum Gasteiger partial charge on any atom is 0.338 e. The van der Waals surface area contributed by atoms with Gasteiger partial charge in [-0.3, -0.25) is 9.79 Å². The molecule has 1 N–H and O–H groups in total. The summed E-state index contributed by atoms with van der Waals surface area (Å²) in [5.41, 5.74) is 4.92. The summed E-state index contributed by atoms with van der Waals surface area (Å²) in [7, 11) is 0. The second-order valence-corrected chi connectivity index (χ2v) is 7.24. The van der Waals surface area contributed by atoms with Gasteiger partial charge >= 0.3 is 5.97 Å². The van der Waals surface area contributed by atoms with Gasteiger partial charge in [0.05, 0.1) is 17.9 Å². The molecule has 0 aromatic heterocycles. The van der Waals surface area contributed by atoms with Crippen molar-refractivity contribution in [3.05, 3.63) is 89.0 Å². The third-order valence-corrected chi connectivity index (χ3v) is 4.74. The number of aliphatic imine (C=N–C) groups is 1. The van der Waals surface area contributed by atoms with Crippen LogP contribution in [0.25, 0.3) is 0 Å². The quantitative estimate of drug-likeness (QED) is 0.391. The van der Waals surface area contributed by atoms with Gasteiger partial charge < -0.3 is 14.8 Å². The van der Waals surface area contributed by atoms with Crippen LogP contribution in [0.2, 0.25) is 0 Å². The zero-order valence-corrected chi connectivity index (χ0v) is 18.4. The number of benzene rings is 3. The van der Waals surface area contributed by atoms with Gasteiger partial charge in [-0.1, -0.05) is 24.3 Å². The standard InChI is InChI=1S/C26H26N2O4/c1-4-31-26(30)21-8-6-9-22(15-21)27-16-20-7-5-10-24(14-20)32-17-25(29)28-23-12-11-18(2)19(3)13-23/h5-16H,4,17H2,1-3H3,(H,28,29). The van der Waals surface area contributed by atoms with Crippen molar-refractivity contribution < 1.29 is 19.1 Å². The van der Waals surface area contributed by atoms with Crippen molar-refractivity contribution in [3.63, 3.8) is 0 Å². The lowest BCUT2D eigenvalue weighted by Crippen LogP contribution is -2.20. The van der Waals surface area contributed by atoms with Crippen LogP contribution in [0.3, 0.4) is 0 Å². The van der Waals surface area contributed by atoms with Crippen molar-refractivity contribution in [1.82, 2.24) is 0 Å². The molecule has 0 spiro atoms. The highest BCUT2D eigenvalue weighted by Gasteiger charge is 2.07. The van der Waals surface area contributed by atoms with E-state index in [1.165, 1.54) is 5.56 Å². The molecule has 0 heterocycles. The van der Waals surface area contributed by atoms with Crippen molar-refractivity contribution in [2.24, 2.45) is 4.99 Å². The first-order valence-corrected chi connectivity index (χ1v) is 10.4. The Balaban J connectivity index is 1.59. The number of ether oxygens (including phenoxy) is 2. The predicted molar refractivity (Wildman–Crippen MR) is 126 cm³/mol. The maximum atomic E-state index is 12.2. The lowest BCUT2D eigenvalue weighted by molar-refractivity contribution is -0.118. The molecule has 0 radical (unpaired) electrons. The highest BCUT2D eigenvalue weighted by Crippen LogP contribution is 2.17. The fourth-order valence-electron chi connectivity index (χ4n) is 2.93. The minimum Gasteiger partial charge on any atom is -0.484 e. The predicted octanol–water partition coefficient (Wildman–Crippen LogP) is 5.25. The summed E-state index contributed by atoms with van der Waals surface area (Å²) in [5, 5.41) is 2.84. The molecule has 32 heavy (non-hydrogen) atoms. The molecule has 0 aliphatic heterocycles. The van der Waals surface area contributed by atoms with Crippen LogP contribution in [0.1, 0.15) is 34.0 Å². The Kier molecular flexibility index (Phi) is 7.75. The molecule has 0 bridgehead atoms. The van der Waals surface area contributed by atoms with Crippen LogP contribution in [0.15, 0.2) is 71.7 Å². The molecule has 0 aliphatic rings. The van der Waals surface area contributed by atoms with E-state index in [2.05, 4.69) is 10.3 Å². The molecular formula is C26H26N2O4. The fourth-order valence-corrected chi connectivity index (χ4v) is 2.93. The topological polar surface area (TPSA) is 77.0 Å². The van der Waals surface area contributed by atoms with Crippen molar-refractivity contribution >= 4 is 29.5 Å². The van der Waals surface area contributed by atoms with E-state index >= 15 is 0 Å². The van der Waals surface area contributed by atoms with E-state index in [1.54, 1.807) is 49.5 Å². The second-order valence-electron chi connectivity index (χ2n) is 7.24. The molecule has 3 aromatic rings. The zero-order valence-electron chi connectivity index (χ0n) is 18.4. The molecule has 0 fully saturated rings. The molecule has 0 saturated heterocycles. The number of hydrogen-bond acceptors (Lipinski definition) is 5. The molecule has 0 saturated carbocycles. The normalized spacial score (nSPS) is 10.7. The van der Waals surface area contributed by atoms with Gasteiger partial charge in [0.2, 0.25) is 0 Å². The Morgan fingerprint density at radius 2 is 1.78 bits per heavy atom. The summed E-state index contributed by atoms with van der Waals surface area (Å²) < 4.78 is 10.6. The number of hydrogen-bond donors (Lipinski definition) is 1. The first-order valence-electron chi connectivity index (χ1n) is 10.4. The highest BCUT2D eigenvalue weighted by atomic mass is 16.5. The van der Waals surface area contributed by atoms with Gasteiger partial charge in [0, 0.05) is 11.9 Å². The number of nitrogens with zero attached hydrogens (tertiary/aromatic N) is 1. The summed E-state index contributed by atoms with van der Waals surface area (Å²) >= 11 is 0. The van der Waals surface area contributed by atoms with Crippen molar-refractivity contribution in [2.45, 2.75) is 20.8 Å². The minimum atomic E-state index is -0.376. The first-order chi connectivity index (χ1) is 15.4. The fraction of sp³-hybridized carbons (Fsp3) is 0.192. The van der Waals surface area contributed by atoms with Crippen LogP contribution in [0.5, 0.6) is 5.75 Å². The van der Waals surface area contributed by atoms with Crippen LogP contribution in [-0.4, -0.2) is 31.3 Å². The number of amides is 1. The van der Waals surface area contributed by atoms with Crippen molar-refractivity contribution in [3.8, 4) is 5.75 Å². The average Bonchev–Trinajstić information content (AvgIpc) is 2.79. The molecule has 1 amide bonds. The Labute approximate surface area is 187 Å². The molecule has 6 heteroatoms. The number of aryl methyl sites for hydroxylation is 2. The molecule has 3 aromatic carbocycles. The second kappa shape index (κ2) is 10.9. The summed E-state index contributed by atoms with van der Waals surface area (Å²) in [6.07, 6.45) is 1.67. The monoisotopic (exact) mass is 430 g/mol. The van der Waals surface area contributed by atoms with Crippen LogP contribution in [0, 0.1) is 13.8 Å².